The molecule has 129 heavy (non-hydrogen) atoms. The lowest BCUT2D eigenvalue weighted by molar-refractivity contribution is 0.0585. The smallest absolute Gasteiger partial charge is 0.356 e. The summed E-state index contributed by atoms with van der Waals surface area (Å²) in [7, 11) is 6.80. The Morgan fingerprint density at radius 3 is 0.938 bits per heavy atom. The molecule has 0 saturated heterocycles. The average molecular weight is 1810 g/mol. The van der Waals surface area contributed by atoms with Gasteiger partial charge < -0.3 is 23.7 Å². The van der Waals surface area contributed by atoms with Gasteiger partial charge in [-0.2, -0.15) is 25.5 Å². The summed E-state index contributed by atoms with van der Waals surface area (Å²) in [6.45, 7) is 8.42. The molecule has 1 aromatic carbocycles. The lowest BCUT2D eigenvalue weighted by Crippen LogP contribution is -2.15. The first kappa shape index (κ1) is 90.7. The fraction of sp³-hybridized carbons (Fsp3) is 0.290. The number of ether oxygens (including phenoxy) is 5. The summed E-state index contributed by atoms with van der Waals surface area (Å²) in [6.07, 6.45) is 25.6. The van der Waals surface area contributed by atoms with Crippen LogP contribution in [0, 0.1) is 6.92 Å². The number of hydrogen-bond donors (Lipinski definition) is 0. The fourth-order valence-corrected chi connectivity index (χ4v) is 17.3. The van der Waals surface area contributed by atoms with E-state index in [-0.39, 0.29) is 5.41 Å². The van der Waals surface area contributed by atoms with Crippen molar-refractivity contribution in [1.82, 2.24) is 73.0 Å². The van der Waals surface area contributed by atoms with Crippen LogP contribution in [-0.2, 0) is 61.2 Å². The minimum atomic E-state index is -0.440. The van der Waals surface area contributed by atoms with Crippen molar-refractivity contribution in [2.24, 2.45) is 0 Å². The van der Waals surface area contributed by atoms with E-state index in [9.17, 15) is 24.0 Å². The zero-order valence-corrected chi connectivity index (χ0v) is 76.1. The molecule has 16 aromatic rings. The van der Waals surface area contributed by atoms with E-state index >= 15 is 0 Å². The fourth-order valence-electron chi connectivity index (χ4n) is 16.7. The first-order chi connectivity index (χ1) is 62.4. The largest absolute Gasteiger partial charge is 0.464 e. The number of esters is 5. The van der Waals surface area contributed by atoms with Crippen molar-refractivity contribution in [2.75, 3.05) is 35.5 Å². The highest BCUT2D eigenvalue weighted by atomic mass is 35.5. The highest BCUT2D eigenvalue weighted by Gasteiger charge is 2.33. The number of pyridine rings is 10. The number of benzene rings is 1. The molecule has 3 fully saturated rings. The first-order valence-corrected chi connectivity index (χ1v) is 44.3. The van der Waals surface area contributed by atoms with Gasteiger partial charge in [0.25, 0.3) is 0 Å². The van der Waals surface area contributed by atoms with E-state index in [0.29, 0.717) is 98.4 Å². The number of aromatic nitrogens is 15. The molecule has 3 saturated carbocycles. The molecule has 15 heterocycles. The highest BCUT2D eigenvalue weighted by Crippen LogP contribution is 2.44. The Morgan fingerprint density at radius 1 is 0.318 bits per heavy atom. The minimum absolute atomic E-state index is 0.131. The van der Waals surface area contributed by atoms with E-state index < -0.39 is 29.8 Å². The molecule has 29 heteroatoms. The van der Waals surface area contributed by atoms with Crippen molar-refractivity contribution >= 4 is 104 Å². The number of aryl methyl sites for hydroxylation is 1. The molecule has 0 amide bonds. The Morgan fingerprint density at radius 2 is 0.605 bits per heavy atom. The number of halogens is 4. The standard InChI is InChI=1S/C22H19N3O2.C21H22ClN3O2.C20H20ClN3O2.C19H20ClN3O2.C18H16ClN3O2/c1-15-11-12-20-18(13-17-9-6-10-19(23-17)22(26)27-2)21(24-25(20)14-15)16-7-4-3-5-8-16;1-27-21(26)18-9-5-8-16(23-18)12-17-19-11-10-15(22)13-25(19)24-20(17)14-6-3-2-4-7-14;1-26-20(25)17-8-4-7-15(22-17)11-16-18-10-9-14(21)12-24(18)23-19(16)13-5-2-3-6-13;1-19(2,3)17-14(16-9-8-12(20)11-23(16)22-17)10-13-6-5-7-15(21-13)18(24)25-4;1-24-18(23)15-4-2-3-13(20-15)9-14-16-8-7-12(19)10-22(16)21-17(14)11-5-6-11/h3-12,14H,13H2,1-2H3;5,8-11,13-14H,2-4,6-7,12H2,1H3;4,7-10,12-13H,2-3,5-6,11H2,1H3;5-9,11H,10H2,1-4H3;2-4,7-8,10-11H,5-6,9H2,1H3. The molecule has 0 N–H and O–H groups in total. The Labute approximate surface area is 766 Å². The number of rotatable bonds is 19. The summed E-state index contributed by atoms with van der Waals surface area (Å²) >= 11 is 24.5. The van der Waals surface area contributed by atoms with E-state index in [4.69, 9.17) is 95.6 Å². The predicted molar refractivity (Wildman–Crippen MR) is 496 cm³/mol. The van der Waals surface area contributed by atoms with Gasteiger partial charge in [-0.1, -0.05) is 166 Å². The quantitative estimate of drug-likeness (QED) is 0.0537. The maximum absolute atomic E-state index is 11.8. The van der Waals surface area contributed by atoms with Gasteiger partial charge in [-0.05, 0) is 166 Å². The third-order valence-corrected chi connectivity index (χ3v) is 23.9. The molecule has 3 aliphatic carbocycles. The number of carbonyl (C=O) groups is 5. The first-order valence-electron chi connectivity index (χ1n) is 42.8. The van der Waals surface area contributed by atoms with Gasteiger partial charge in [0.15, 0.2) is 0 Å². The molecule has 25 nitrogen and oxygen atoms in total. The summed E-state index contributed by atoms with van der Waals surface area (Å²) in [5.41, 5.74) is 23.8. The third kappa shape index (κ3) is 21.7. The molecule has 0 spiro atoms. The normalized spacial score (nSPS) is 13.3. The van der Waals surface area contributed by atoms with Crippen LogP contribution in [0.3, 0.4) is 0 Å². The maximum Gasteiger partial charge on any atom is 0.356 e. The summed E-state index contributed by atoms with van der Waals surface area (Å²) in [6, 6.07) is 56.8. The second-order valence-electron chi connectivity index (χ2n) is 33.1. The van der Waals surface area contributed by atoms with Crippen molar-refractivity contribution in [3.63, 3.8) is 0 Å². The van der Waals surface area contributed by atoms with Gasteiger partial charge in [-0.15, -0.1) is 0 Å². The SMILES string of the molecule is COC(=O)c1cccc(Cc2c(-c3ccccc3)nn3cc(C)ccc23)n1.COC(=O)c1cccc(Cc2c(C(C)(C)C)nn3cc(Cl)ccc23)n1.COC(=O)c1cccc(Cc2c(C3CC3)nn3cc(Cl)ccc23)n1.COC(=O)c1cccc(Cc2c(C3CCCC3)nn3cc(Cl)ccc23)n1.COC(=O)c1cccc(Cc2c(C3CCCCC3)nn3cc(Cl)ccc23)n1. The van der Waals surface area contributed by atoms with E-state index in [1.54, 1.807) is 36.5 Å². The molecule has 3 aliphatic rings. The van der Waals surface area contributed by atoms with E-state index in [2.05, 4.69) is 70.0 Å². The molecular formula is C100H97Cl4N15O10. The van der Waals surface area contributed by atoms with Gasteiger partial charge in [0.05, 0.1) is 112 Å². The Kier molecular flexibility index (Phi) is 28.8. The number of methoxy groups -OCH3 is 5. The Bertz CT molecular complexity index is 6800. The van der Waals surface area contributed by atoms with E-state index in [1.165, 1.54) is 117 Å². The zero-order chi connectivity index (χ0) is 90.6. The lowest BCUT2D eigenvalue weighted by Gasteiger charge is -2.21. The molecule has 0 radical (unpaired) electrons. The lowest BCUT2D eigenvalue weighted by atomic mass is 9.84. The van der Waals surface area contributed by atoms with Crippen molar-refractivity contribution in [1.29, 1.82) is 0 Å². The van der Waals surface area contributed by atoms with Gasteiger partial charge in [0.2, 0.25) is 0 Å². The maximum atomic E-state index is 11.8. The topological polar surface area (TPSA) is 282 Å². The van der Waals surface area contributed by atoms with E-state index in [1.807, 2.05) is 182 Å². The molecule has 0 unspecified atom stereocenters. The van der Waals surface area contributed by atoms with Crippen molar-refractivity contribution in [3.05, 3.63) is 346 Å². The number of fused-ring (bicyclic) bond motifs is 5. The molecule has 19 rings (SSSR count). The number of nitrogens with zero attached hydrogens (tertiary/aromatic N) is 15. The minimum Gasteiger partial charge on any atom is -0.464 e. The summed E-state index contributed by atoms with van der Waals surface area (Å²) < 4.78 is 33.2. The Hall–Kier alpha value is -13.1. The molecule has 0 atom stereocenters. The predicted octanol–water partition coefficient (Wildman–Crippen LogP) is 21.0. The summed E-state index contributed by atoms with van der Waals surface area (Å²) in [5, 5.41) is 26.6. The second kappa shape index (κ2) is 40.9. The van der Waals surface area contributed by atoms with Gasteiger partial charge in [0, 0.05) is 148 Å². The van der Waals surface area contributed by atoms with Gasteiger partial charge in [-0.25, -0.2) is 71.5 Å². The van der Waals surface area contributed by atoms with Crippen LogP contribution in [0.15, 0.2) is 213 Å². The highest BCUT2D eigenvalue weighted by molar-refractivity contribution is 6.31. The Balaban J connectivity index is 0.000000124. The van der Waals surface area contributed by atoms with Crippen molar-refractivity contribution in [2.45, 2.75) is 154 Å². The van der Waals surface area contributed by atoms with Crippen molar-refractivity contribution in [3.8, 4) is 11.3 Å². The molecule has 15 aromatic heterocycles. The summed E-state index contributed by atoms with van der Waals surface area (Å²) in [5.74, 6) is -0.678. The van der Waals surface area contributed by atoms with Crippen LogP contribution in [0.5, 0.6) is 0 Å². The number of hydrogen-bond acceptors (Lipinski definition) is 20. The molecule has 0 bridgehead atoms. The van der Waals surface area contributed by atoms with Crippen molar-refractivity contribution < 1.29 is 47.7 Å². The average Bonchev–Trinajstić information content (AvgIpc) is 1.54. The molecular weight excluding hydrogens is 1710 g/mol. The van der Waals surface area contributed by atoms with Crippen LogP contribution in [0.4, 0.5) is 0 Å². The second-order valence-corrected chi connectivity index (χ2v) is 34.9. The molecule has 660 valence electrons. The number of carbonyl (C=O) groups excluding carboxylic acids is 5. The van der Waals surface area contributed by atoms with Crippen LogP contribution in [0.1, 0.15) is 246 Å². The van der Waals surface area contributed by atoms with Crippen LogP contribution < -0.4 is 0 Å². The van der Waals surface area contributed by atoms with Crippen LogP contribution in [-0.4, -0.2) is 138 Å². The zero-order valence-electron chi connectivity index (χ0n) is 73.1. The van der Waals surface area contributed by atoms with Gasteiger partial charge in [-0.3, -0.25) is 0 Å². The van der Waals surface area contributed by atoms with Crippen LogP contribution in [0.25, 0.3) is 38.8 Å². The van der Waals surface area contributed by atoms with Gasteiger partial charge >= 0.3 is 29.8 Å². The van der Waals surface area contributed by atoms with Crippen LogP contribution in [0.2, 0.25) is 20.1 Å². The van der Waals surface area contributed by atoms with Gasteiger partial charge in [0.1, 0.15) is 28.5 Å². The van der Waals surface area contributed by atoms with Crippen LogP contribution >= 0.6 is 46.4 Å². The summed E-state index contributed by atoms with van der Waals surface area (Å²) in [4.78, 5) is 81.1. The third-order valence-electron chi connectivity index (χ3n) is 23.0. The van der Waals surface area contributed by atoms with E-state index in [0.717, 1.165) is 112 Å². The monoisotopic (exact) mass is 1810 g/mol. The molecule has 0 aliphatic heterocycles.